The summed E-state index contributed by atoms with van der Waals surface area (Å²) in [5.41, 5.74) is 0. The molecule has 0 unspecified atom stereocenters. The molecule has 102 valence electrons. The molecule has 0 fully saturated rings. The summed E-state index contributed by atoms with van der Waals surface area (Å²) < 4.78 is 22.2. The summed E-state index contributed by atoms with van der Waals surface area (Å²) in [7, 11) is -1.26. The van der Waals surface area contributed by atoms with Crippen LogP contribution in [0.3, 0.4) is 0 Å². The first-order chi connectivity index (χ1) is 8.33. The lowest BCUT2D eigenvalue weighted by molar-refractivity contribution is 0.601. The Balaban J connectivity index is 2.83. The van der Waals surface area contributed by atoms with Gasteiger partial charge in [0.2, 0.25) is 5.95 Å². The number of rotatable bonds is 6. The summed E-state index contributed by atoms with van der Waals surface area (Å²) in [6.07, 6.45) is 2.70. The zero-order valence-electron chi connectivity index (χ0n) is 10.6. The Bertz CT molecular complexity index is 507. The summed E-state index contributed by atoms with van der Waals surface area (Å²) in [6.45, 7) is 2.97. The zero-order chi connectivity index (χ0) is 13.8. The van der Waals surface area contributed by atoms with Crippen molar-refractivity contribution >= 4 is 33.2 Å². The summed E-state index contributed by atoms with van der Waals surface area (Å²) in [6, 6.07) is 0. The third-order valence-electron chi connectivity index (χ3n) is 2.22. The highest BCUT2D eigenvalue weighted by atomic mass is 35.5. The van der Waals surface area contributed by atoms with E-state index < -0.39 is 9.84 Å². The summed E-state index contributed by atoms with van der Waals surface area (Å²) in [5, 5.41) is 3.37. The van der Waals surface area contributed by atoms with Crippen LogP contribution < -0.4 is 10.2 Å². The molecule has 18 heavy (non-hydrogen) atoms. The van der Waals surface area contributed by atoms with Crippen molar-refractivity contribution in [1.82, 2.24) is 9.97 Å². The van der Waals surface area contributed by atoms with Gasteiger partial charge in [-0.1, -0.05) is 11.6 Å². The standard InChI is InChI=1S/C10H17ClN4O2S/c1-4-12-10-13-7-8(11)9(14-10)15(2)5-6-18(3,16)17/h7H,4-6H2,1-3H3,(H,12,13,14). The predicted octanol–water partition coefficient (Wildman–Crippen LogP) is 1.04. The lowest BCUT2D eigenvalue weighted by Gasteiger charge is -2.19. The van der Waals surface area contributed by atoms with Crippen molar-refractivity contribution in [2.75, 3.05) is 42.4 Å². The lowest BCUT2D eigenvalue weighted by atomic mass is 10.5. The smallest absolute Gasteiger partial charge is 0.224 e. The molecule has 0 aliphatic rings. The Morgan fingerprint density at radius 2 is 2.17 bits per heavy atom. The van der Waals surface area contributed by atoms with Crippen molar-refractivity contribution in [2.45, 2.75) is 6.92 Å². The molecule has 1 aromatic heterocycles. The van der Waals surface area contributed by atoms with Crippen molar-refractivity contribution in [1.29, 1.82) is 0 Å². The molecule has 1 aromatic rings. The van der Waals surface area contributed by atoms with Crippen molar-refractivity contribution in [2.24, 2.45) is 0 Å². The molecule has 0 bridgehead atoms. The number of aromatic nitrogens is 2. The molecule has 1 rings (SSSR count). The van der Waals surface area contributed by atoms with E-state index in [1.54, 1.807) is 11.9 Å². The third-order valence-corrected chi connectivity index (χ3v) is 3.41. The van der Waals surface area contributed by atoms with E-state index in [1.807, 2.05) is 6.92 Å². The average molecular weight is 293 g/mol. The second-order valence-electron chi connectivity index (χ2n) is 3.95. The van der Waals surface area contributed by atoms with Crippen molar-refractivity contribution in [3.8, 4) is 0 Å². The van der Waals surface area contributed by atoms with Crippen LogP contribution in [-0.2, 0) is 9.84 Å². The number of nitrogens with zero attached hydrogens (tertiary/aromatic N) is 3. The van der Waals surface area contributed by atoms with Gasteiger partial charge in [-0.25, -0.2) is 13.4 Å². The van der Waals surface area contributed by atoms with Crippen LogP contribution in [0.4, 0.5) is 11.8 Å². The minimum Gasteiger partial charge on any atom is -0.357 e. The first-order valence-corrected chi connectivity index (χ1v) is 7.92. The zero-order valence-corrected chi connectivity index (χ0v) is 12.2. The molecule has 0 atom stereocenters. The molecule has 1 heterocycles. The molecule has 0 amide bonds. The van der Waals surface area contributed by atoms with Gasteiger partial charge < -0.3 is 10.2 Å². The highest BCUT2D eigenvalue weighted by Gasteiger charge is 2.12. The molecule has 0 aromatic carbocycles. The van der Waals surface area contributed by atoms with E-state index in [0.717, 1.165) is 0 Å². The Morgan fingerprint density at radius 3 is 2.72 bits per heavy atom. The van der Waals surface area contributed by atoms with E-state index in [2.05, 4.69) is 15.3 Å². The van der Waals surface area contributed by atoms with Crippen molar-refractivity contribution < 1.29 is 8.42 Å². The van der Waals surface area contributed by atoms with E-state index in [0.29, 0.717) is 29.9 Å². The molecular weight excluding hydrogens is 276 g/mol. The van der Waals surface area contributed by atoms with Gasteiger partial charge in [-0.3, -0.25) is 0 Å². The molecule has 0 saturated heterocycles. The molecule has 0 radical (unpaired) electrons. The van der Waals surface area contributed by atoms with Gasteiger partial charge in [-0.2, -0.15) is 4.98 Å². The molecular formula is C10H17ClN4O2S. The average Bonchev–Trinajstić information content (AvgIpc) is 2.28. The van der Waals surface area contributed by atoms with E-state index in [4.69, 9.17) is 11.6 Å². The molecule has 6 nitrogen and oxygen atoms in total. The number of anilines is 2. The molecule has 0 saturated carbocycles. The number of hydrogen-bond acceptors (Lipinski definition) is 6. The Morgan fingerprint density at radius 1 is 1.50 bits per heavy atom. The Kier molecular flexibility index (Phi) is 5.15. The summed E-state index contributed by atoms with van der Waals surface area (Å²) >= 11 is 6.00. The molecule has 0 aliphatic heterocycles. The monoisotopic (exact) mass is 292 g/mol. The maximum atomic E-state index is 11.1. The number of nitrogens with one attached hydrogen (secondary N) is 1. The van der Waals surface area contributed by atoms with E-state index >= 15 is 0 Å². The molecule has 8 heteroatoms. The van der Waals surface area contributed by atoms with Crippen LogP contribution in [0.1, 0.15) is 6.92 Å². The minimum atomic E-state index is -3.00. The largest absolute Gasteiger partial charge is 0.357 e. The highest BCUT2D eigenvalue weighted by Crippen LogP contribution is 2.22. The van der Waals surface area contributed by atoms with Gasteiger partial charge >= 0.3 is 0 Å². The number of sulfone groups is 1. The van der Waals surface area contributed by atoms with Gasteiger partial charge in [0.25, 0.3) is 0 Å². The quantitative estimate of drug-likeness (QED) is 0.844. The second-order valence-corrected chi connectivity index (χ2v) is 6.61. The van der Waals surface area contributed by atoms with Gasteiger partial charge in [-0.05, 0) is 6.92 Å². The van der Waals surface area contributed by atoms with E-state index in [9.17, 15) is 8.42 Å². The van der Waals surface area contributed by atoms with Crippen LogP contribution in [0.15, 0.2) is 6.20 Å². The Labute approximate surface area is 112 Å². The van der Waals surface area contributed by atoms with Crippen LogP contribution in [0, 0.1) is 0 Å². The minimum absolute atomic E-state index is 0.0559. The van der Waals surface area contributed by atoms with Crippen molar-refractivity contribution in [3.63, 3.8) is 0 Å². The first-order valence-electron chi connectivity index (χ1n) is 5.48. The van der Waals surface area contributed by atoms with Crippen molar-refractivity contribution in [3.05, 3.63) is 11.2 Å². The van der Waals surface area contributed by atoms with E-state index in [1.165, 1.54) is 12.5 Å². The van der Waals surface area contributed by atoms with Crippen LogP contribution in [-0.4, -0.2) is 50.5 Å². The van der Waals surface area contributed by atoms with Gasteiger partial charge in [0.15, 0.2) is 5.82 Å². The van der Waals surface area contributed by atoms with Gasteiger partial charge in [0.1, 0.15) is 14.9 Å². The highest BCUT2D eigenvalue weighted by molar-refractivity contribution is 7.90. The predicted molar refractivity (Wildman–Crippen MR) is 74.2 cm³/mol. The fourth-order valence-electron chi connectivity index (χ4n) is 1.28. The maximum absolute atomic E-state index is 11.1. The molecule has 0 spiro atoms. The molecule has 1 N–H and O–H groups in total. The van der Waals surface area contributed by atoms with E-state index in [-0.39, 0.29) is 5.75 Å². The van der Waals surface area contributed by atoms with Crippen LogP contribution in [0.2, 0.25) is 5.02 Å². The second kappa shape index (κ2) is 6.19. The SMILES string of the molecule is CCNc1ncc(Cl)c(N(C)CCS(C)(=O)=O)n1. The van der Waals surface area contributed by atoms with Gasteiger partial charge in [-0.15, -0.1) is 0 Å². The number of hydrogen-bond donors (Lipinski definition) is 1. The third kappa shape index (κ3) is 4.66. The van der Waals surface area contributed by atoms with Gasteiger partial charge in [0, 0.05) is 26.4 Å². The Hall–Kier alpha value is -1.08. The summed E-state index contributed by atoms with van der Waals surface area (Å²) in [5.74, 6) is 1.05. The lowest BCUT2D eigenvalue weighted by Crippen LogP contribution is -2.26. The normalized spacial score (nSPS) is 11.3. The fraction of sp³-hybridized carbons (Fsp3) is 0.600. The van der Waals surface area contributed by atoms with Gasteiger partial charge in [0.05, 0.1) is 11.9 Å². The summed E-state index contributed by atoms with van der Waals surface area (Å²) in [4.78, 5) is 9.96. The first kappa shape index (κ1) is 15.0. The number of halogens is 1. The fourth-order valence-corrected chi connectivity index (χ4v) is 2.12. The maximum Gasteiger partial charge on any atom is 0.224 e. The van der Waals surface area contributed by atoms with Crippen LogP contribution in [0.25, 0.3) is 0 Å². The van der Waals surface area contributed by atoms with Crippen LogP contribution >= 0.6 is 11.6 Å². The molecule has 0 aliphatic carbocycles. The topological polar surface area (TPSA) is 75.2 Å². The van der Waals surface area contributed by atoms with Crippen LogP contribution in [0.5, 0.6) is 0 Å².